The summed E-state index contributed by atoms with van der Waals surface area (Å²) in [6, 6.07) is 0.668. The Kier molecular flexibility index (Phi) is 2.52. The Labute approximate surface area is 112 Å². The Morgan fingerprint density at radius 1 is 1.37 bits per heavy atom. The van der Waals surface area contributed by atoms with Crippen molar-refractivity contribution in [2.45, 2.75) is 26.4 Å². The van der Waals surface area contributed by atoms with E-state index in [0.29, 0.717) is 6.01 Å². The summed E-state index contributed by atoms with van der Waals surface area (Å²) in [5.74, 6) is 0. The average molecular weight is 265 g/mol. The molecule has 104 valence electrons. The van der Waals surface area contributed by atoms with E-state index >= 15 is 0 Å². The number of ether oxygens (including phenoxy) is 1. The lowest BCUT2D eigenvalue weighted by Gasteiger charge is -2.59. The third-order valence-corrected chi connectivity index (χ3v) is 3.45. The molecule has 0 bridgehead atoms. The van der Waals surface area contributed by atoms with Gasteiger partial charge in [-0.05, 0) is 20.8 Å². The zero-order valence-corrected chi connectivity index (χ0v) is 11.5. The number of likely N-dealkylation sites (tertiary alicyclic amines) is 1. The predicted octanol–water partition coefficient (Wildman–Crippen LogP) is 1.73. The standard InChI is InChI=1S/C13H19N3O3/c1-12(2,3)19-11(17)16-8-13(9-16)6-15(7-13)10-14-4-5-18-10/h4-5H,6-9H2,1-3H3. The molecule has 1 amide bonds. The normalized spacial score (nSPS) is 21.0. The van der Waals surface area contributed by atoms with Gasteiger partial charge in [0.15, 0.2) is 0 Å². The molecule has 3 heterocycles. The molecule has 1 spiro atoms. The van der Waals surface area contributed by atoms with Gasteiger partial charge in [0.05, 0.1) is 6.20 Å². The quantitative estimate of drug-likeness (QED) is 0.774. The van der Waals surface area contributed by atoms with Crippen molar-refractivity contribution in [2.75, 3.05) is 31.1 Å². The fourth-order valence-corrected chi connectivity index (χ4v) is 2.69. The topological polar surface area (TPSA) is 58.8 Å². The fraction of sp³-hybridized carbons (Fsp3) is 0.692. The van der Waals surface area contributed by atoms with Crippen LogP contribution >= 0.6 is 0 Å². The van der Waals surface area contributed by atoms with E-state index in [1.165, 1.54) is 0 Å². The number of aromatic nitrogens is 1. The van der Waals surface area contributed by atoms with Crippen molar-refractivity contribution in [3.05, 3.63) is 12.5 Å². The van der Waals surface area contributed by atoms with Gasteiger partial charge in [-0.25, -0.2) is 9.78 Å². The van der Waals surface area contributed by atoms with Crippen LogP contribution < -0.4 is 4.90 Å². The zero-order valence-electron chi connectivity index (χ0n) is 11.5. The molecule has 2 aliphatic heterocycles. The van der Waals surface area contributed by atoms with Crippen LogP contribution in [0.4, 0.5) is 10.8 Å². The second kappa shape index (κ2) is 3.88. The summed E-state index contributed by atoms with van der Waals surface area (Å²) in [5, 5.41) is 0. The summed E-state index contributed by atoms with van der Waals surface area (Å²) in [6.07, 6.45) is 3.01. The maximum atomic E-state index is 11.8. The lowest BCUT2D eigenvalue weighted by Crippen LogP contribution is -2.73. The van der Waals surface area contributed by atoms with Crippen molar-refractivity contribution in [1.29, 1.82) is 0 Å². The molecule has 2 fully saturated rings. The van der Waals surface area contributed by atoms with E-state index in [4.69, 9.17) is 9.15 Å². The Hall–Kier alpha value is -1.72. The van der Waals surface area contributed by atoms with Crippen molar-refractivity contribution in [1.82, 2.24) is 9.88 Å². The molecule has 0 saturated carbocycles. The molecule has 0 unspecified atom stereocenters. The Morgan fingerprint density at radius 2 is 2.05 bits per heavy atom. The summed E-state index contributed by atoms with van der Waals surface area (Å²) in [5.41, 5.74) is -0.213. The minimum absolute atomic E-state index is 0.214. The lowest BCUT2D eigenvalue weighted by atomic mass is 9.73. The van der Waals surface area contributed by atoms with E-state index in [1.54, 1.807) is 17.4 Å². The number of amides is 1. The third-order valence-electron chi connectivity index (χ3n) is 3.45. The van der Waals surface area contributed by atoms with Crippen molar-refractivity contribution in [3.63, 3.8) is 0 Å². The van der Waals surface area contributed by atoms with Gasteiger partial charge in [-0.2, -0.15) is 0 Å². The summed E-state index contributed by atoms with van der Waals surface area (Å²) in [7, 11) is 0. The van der Waals surface area contributed by atoms with Crippen LogP contribution in [0.3, 0.4) is 0 Å². The summed E-state index contributed by atoms with van der Waals surface area (Å²) < 4.78 is 10.6. The summed E-state index contributed by atoms with van der Waals surface area (Å²) in [6.45, 7) is 8.97. The maximum Gasteiger partial charge on any atom is 0.410 e. The van der Waals surface area contributed by atoms with Crippen LogP contribution in [0.5, 0.6) is 0 Å². The molecule has 0 aliphatic carbocycles. The molecular weight excluding hydrogens is 246 g/mol. The first-order valence-electron chi connectivity index (χ1n) is 6.49. The monoisotopic (exact) mass is 265 g/mol. The Balaban J connectivity index is 1.48. The van der Waals surface area contributed by atoms with Crippen LogP contribution in [0.2, 0.25) is 0 Å². The van der Waals surface area contributed by atoms with Crippen LogP contribution in [0.1, 0.15) is 20.8 Å². The van der Waals surface area contributed by atoms with Crippen LogP contribution in [-0.2, 0) is 4.74 Å². The van der Waals surface area contributed by atoms with E-state index in [0.717, 1.165) is 26.2 Å². The number of hydrogen-bond donors (Lipinski definition) is 0. The highest BCUT2D eigenvalue weighted by Gasteiger charge is 2.54. The molecule has 1 aromatic rings. The molecule has 19 heavy (non-hydrogen) atoms. The maximum absolute atomic E-state index is 11.8. The van der Waals surface area contributed by atoms with Crippen molar-refractivity contribution in [3.8, 4) is 0 Å². The Bertz CT molecular complexity index is 464. The largest absolute Gasteiger partial charge is 0.444 e. The second-order valence-electron chi connectivity index (χ2n) is 6.51. The van der Waals surface area contributed by atoms with Crippen LogP contribution in [0, 0.1) is 5.41 Å². The lowest BCUT2D eigenvalue weighted by molar-refractivity contribution is -0.0463. The number of anilines is 1. The number of oxazole rings is 1. The molecule has 0 atom stereocenters. The van der Waals surface area contributed by atoms with Gasteiger partial charge in [0.2, 0.25) is 0 Å². The molecular formula is C13H19N3O3. The van der Waals surface area contributed by atoms with Crippen molar-refractivity contribution in [2.24, 2.45) is 5.41 Å². The van der Waals surface area contributed by atoms with Gasteiger partial charge in [0.25, 0.3) is 6.01 Å². The summed E-state index contributed by atoms with van der Waals surface area (Å²) in [4.78, 5) is 19.8. The number of hydrogen-bond acceptors (Lipinski definition) is 5. The predicted molar refractivity (Wildman–Crippen MR) is 69.0 cm³/mol. The first-order valence-corrected chi connectivity index (χ1v) is 6.49. The molecule has 2 saturated heterocycles. The average Bonchev–Trinajstić information content (AvgIpc) is 2.62. The first-order chi connectivity index (χ1) is 8.87. The second-order valence-corrected chi connectivity index (χ2v) is 6.51. The molecule has 6 nitrogen and oxygen atoms in total. The highest BCUT2D eigenvalue weighted by Crippen LogP contribution is 2.41. The molecule has 0 aromatic carbocycles. The smallest absolute Gasteiger partial charge is 0.410 e. The van der Waals surface area contributed by atoms with E-state index in [-0.39, 0.29) is 11.5 Å². The molecule has 3 rings (SSSR count). The van der Waals surface area contributed by atoms with Gasteiger partial charge < -0.3 is 19.0 Å². The highest BCUT2D eigenvalue weighted by atomic mass is 16.6. The van der Waals surface area contributed by atoms with Crippen LogP contribution in [0.25, 0.3) is 0 Å². The highest BCUT2D eigenvalue weighted by molar-refractivity contribution is 5.70. The van der Waals surface area contributed by atoms with Gasteiger partial charge >= 0.3 is 6.09 Å². The van der Waals surface area contributed by atoms with E-state index in [9.17, 15) is 4.79 Å². The Morgan fingerprint density at radius 3 is 2.58 bits per heavy atom. The van der Waals surface area contributed by atoms with Gasteiger partial charge in [0, 0.05) is 31.6 Å². The molecule has 6 heteroatoms. The fourth-order valence-electron chi connectivity index (χ4n) is 2.69. The van der Waals surface area contributed by atoms with Gasteiger partial charge in [-0.1, -0.05) is 0 Å². The number of rotatable bonds is 1. The van der Waals surface area contributed by atoms with Crippen molar-refractivity contribution < 1.29 is 13.9 Å². The molecule has 2 aliphatic rings. The van der Waals surface area contributed by atoms with E-state index in [1.807, 2.05) is 20.8 Å². The minimum Gasteiger partial charge on any atom is -0.444 e. The number of nitrogens with zero attached hydrogens (tertiary/aromatic N) is 3. The van der Waals surface area contributed by atoms with Crippen LogP contribution in [-0.4, -0.2) is 47.8 Å². The zero-order chi connectivity index (χ0) is 13.7. The number of carbonyl (C=O) groups is 1. The van der Waals surface area contributed by atoms with E-state index in [2.05, 4.69) is 9.88 Å². The van der Waals surface area contributed by atoms with Crippen LogP contribution in [0.15, 0.2) is 16.9 Å². The molecule has 0 radical (unpaired) electrons. The molecule has 0 N–H and O–H groups in total. The molecule has 1 aromatic heterocycles. The van der Waals surface area contributed by atoms with E-state index < -0.39 is 5.60 Å². The minimum atomic E-state index is -0.427. The van der Waals surface area contributed by atoms with Gasteiger partial charge in [-0.3, -0.25) is 0 Å². The number of carbonyl (C=O) groups excluding carboxylic acids is 1. The first kappa shape index (κ1) is 12.3. The third kappa shape index (κ3) is 2.27. The summed E-state index contributed by atoms with van der Waals surface area (Å²) >= 11 is 0. The van der Waals surface area contributed by atoms with Gasteiger partial charge in [-0.15, -0.1) is 0 Å². The van der Waals surface area contributed by atoms with Gasteiger partial charge in [0.1, 0.15) is 11.9 Å². The van der Waals surface area contributed by atoms with Crippen molar-refractivity contribution >= 4 is 12.1 Å². The SMILES string of the molecule is CC(C)(C)OC(=O)N1CC2(C1)CN(c1ncco1)C2.